The number of hydrazine groups is 1. The number of amides is 1. The van der Waals surface area contributed by atoms with Crippen molar-refractivity contribution in [3.63, 3.8) is 0 Å². The lowest BCUT2D eigenvalue weighted by Crippen LogP contribution is -2.33. The Morgan fingerprint density at radius 3 is 2.30 bits per heavy atom. The molecule has 2 aromatic rings. The summed E-state index contributed by atoms with van der Waals surface area (Å²) in [6.45, 7) is 0. The standard InChI is InChI=1S/C19H20Cl3N3O4S/c1-29-16-7-6-11(8-17(16)30(27,28)25-13-4-2-3-5-13)19(26)24-23-18-14(21)9-12(20)10-15(18)22/h6-10,13,23,25H,2-5H2,1H3,(H,24,26). The van der Waals surface area contributed by atoms with E-state index in [1.165, 1.54) is 37.4 Å². The Bertz CT molecular complexity index is 1030. The van der Waals surface area contributed by atoms with Crippen LogP contribution in [0.5, 0.6) is 5.75 Å². The van der Waals surface area contributed by atoms with Crippen LogP contribution in [-0.2, 0) is 10.0 Å². The minimum Gasteiger partial charge on any atom is -0.495 e. The van der Waals surface area contributed by atoms with Crippen LogP contribution < -0.4 is 20.3 Å². The van der Waals surface area contributed by atoms with E-state index < -0.39 is 15.9 Å². The van der Waals surface area contributed by atoms with Crippen molar-refractivity contribution in [3.05, 3.63) is 51.0 Å². The van der Waals surface area contributed by atoms with Crippen LogP contribution in [0.3, 0.4) is 0 Å². The van der Waals surface area contributed by atoms with Crippen molar-refractivity contribution < 1.29 is 17.9 Å². The van der Waals surface area contributed by atoms with E-state index in [-0.39, 0.29) is 38.0 Å². The maximum absolute atomic E-state index is 12.9. The van der Waals surface area contributed by atoms with Gasteiger partial charge in [-0.15, -0.1) is 0 Å². The lowest BCUT2D eigenvalue weighted by atomic mass is 10.2. The zero-order valence-electron chi connectivity index (χ0n) is 16.0. The maximum atomic E-state index is 12.9. The molecule has 11 heteroatoms. The third kappa shape index (κ3) is 5.31. The molecule has 3 N–H and O–H groups in total. The molecule has 0 spiro atoms. The number of methoxy groups -OCH3 is 1. The van der Waals surface area contributed by atoms with E-state index in [1.807, 2.05) is 0 Å². The monoisotopic (exact) mass is 491 g/mol. The molecule has 0 radical (unpaired) electrons. The zero-order chi connectivity index (χ0) is 21.9. The summed E-state index contributed by atoms with van der Waals surface area (Å²) in [6, 6.07) is 6.97. The molecule has 0 unspecified atom stereocenters. The normalized spacial score (nSPS) is 14.5. The highest BCUT2D eigenvalue weighted by atomic mass is 35.5. The molecule has 0 aliphatic heterocycles. The summed E-state index contributed by atoms with van der Waals surface area (Å²) in [7, 11) is -2.49. The summed E-state index contributed by atoms with van der Waals surface area (Å²) >= 11 is 18.0. The highest BCUT2D eigenvalue weighted by molar-refractivity contribution is 7.89. The first-order valence-electron chi connectivity index (χ1n) is 9.12. The molecule has 1 aliphatic carbocycles. The summed E-state index contributed by atoms with van der Waals surface area (Å²) in [5.74, 6) is -0.439. The van der Waals surface area contributed by atoms with Gasteiger partial charge in [0.15, 0.2) is 0 Å². The van der Waals surface area contributed by atoms with E-state index in [0.717, 1.165) is 25.7 Å². The van der Waals surface area contributed by atoms with Gasteiger partial charge in [0.05, 0.1) is 22.8 Å². The average Bonchev–Trinajstić information content (AvgIpc) is 3.18. The molecule has 162 valence electrons. The van der Waals surface area contributed by atoms with Crippen molar-refractivity contribution >= 4 is 56.4 Å². The summed E-state index contributed by atoms with van der Waals surface area (Å²) in [5.41, 5.74) is 5.45. The molecular weight excluding hydrogens is 473 g/mol. The largest absolute Gasteiger partial charge is 0.495 e. The fraction of sp³-hybridized carbons (Fsp3) is 0.316. The van der Waals surface area contributed by atoms with Crippen molar-refractivity contribution in [1.82, 2.24) is 10.1 Å². The third-order valence-corrected chi connectivity index (χ3v) is 7.06. The highest BCUT2D eigenvalue weighted by Gasteiger charge is 2.26. The van der Waals surface area contributed by atoms with Gasteiger partial charge in [0.1, 0.15) is 10.6 Å². The molecule has 3 rings (SSSR count). The molecule has 7 nitrogen and oxygen atoms in total. The topological polar surface area (TPSA) is 96.5 Å². The van der Waals surface area contributed by atoms with Gasteiger partial charge < -0.3 is 4.74 Å². The van der Waals surface area contributed by atoms with Crippen LogP contribution in [0.25, 0.3) is 0 Å². The maximum Gasteiger partial charge on any atom is 0.269 e. The van der Waals surface area contributed by atoms with E-state index in [4.69, 9.17) is 39.5 Å². The molecule has 0 heterocycles. The number of ether oxygens (including phenoxy) is 1. The van der Waals surface area contributed by atoms with Gasteiger partial charge in [-0.05, 0) is 43.2 Å². The molecule has 1 fully saturated rings. The molecule has 1 saturated carbocycles. The van der Waals surface area contributed by atoms with Gasteiger partial charge in [-0.3, -0.25) is 15.6 Å². The number of carbonyl (C=O) groups excluding carboxylic acids is 1. The molecule has 0 bridgehead atoms. The van der Waals surface area contributed by atoms with Crippen LogP contribution in [0, 0.1) is 0 Å². The molecule has 1 amide bonds. The van der Waals surface area contributed by atoms with Crippen molar-refractivity contribution in [3.8, 4) is 5.75 Å². The zero-order valence-corrected chi connectivity index (χ0v) is 19.1. The third-order valence-electron chi connectivity index (χ3n) is 4.70. The Morgan fingerprint density at radius 1 is 1.07 bits per heavy atom. The van der Waals surface area contributed by atoms with Crippen molar-refractivity contribution in [1.29, 1.82) is 0 Å². The minimum atomic E-state index is -3.86. The number of hydrogen-bond acceptors (Lipinski definition) is 5. The first kappa shape index (κ1) is 23.0. The Kier molecular flexibility index (Phi) is 7.36. The second-order valence-electron chi connectivity index (χ2n) is 6.79. The van der Waals surface area contributed by atoms with Crippen LogP contribution >= 0.6 is 34.8 Å². The Morgan fingerprint density at radius 2 is 1.70 bits per heavy atom. The van der Waals surface area contributed by atoms with Crippen LogP contribution in [0.4, 0.5) is 5.69 Å². The van der Waals surface area contributed by atoms with Crippen LogP contribution in [0.15, 0.2) is 35.2 Å². The van der Waals surface area contributed by atoms with Crippen LogP contribution in [0.2, 0.25) is 15.1 Å². The first-order valence-corrected chi connectivity index (χ1v) is 11.7. The fourth-order valence-electron chi connectivity index (χ4n) is 3.21. The summed E-state index contributed by atoms with van der Waals surface area (Å²) in [4.78, 5) is 12.5. The van der Waals surface area contributed by atoms with E-state index >= 15 is 0 Å². The minimum absolute atomic E-state index is 0.105. The number of sulfonamides is 1. The molecule has 0 saturated heterocycles. The number of halogens is 3. The van der Waals surface area contributed by atoms with Crippen LogP contribution in [0.1, 0.15) is 36.0 Å². The Labute approximate surface area is 190 Å². The number of anilines is 1. The van der Waals surface area contributed by atoms with Gasteiger partial charge in [0, 0.05) is 16.6 Å². The van der Waals surface area contributed by atoms with Gasteiger partial charge in [-0.25, -0.2) is 13.1 Å². The second-order valence-corrected chi connectivity index (χ2v) is 9.73. The fourth-order valence-corrected chi connectivity index (χ4v) is 5.62. The van der Waals surface area contributed by atoms with E-state index in [9.17, 15) is 13.2 Å². The van der Waals surface area contributed by atoms with E-state index in [0.29, 0.717) is 5.02 Å². The van der Waals surface area contributed by atoms with Gasteiger partial charge in [-0.1, -0.05) is 47.6 Å². The lowest BCUT2D eigenvalue weighted by molar-refractivity contribution is 0.0962. The van der Waals surface area contributed by atoms with E-state index in [1.54, 1.807) is 0 Å². The summed E-state index contributed by atoms with van der Waals surface area (Å²) < 4.78 is 33.6. The summed E-state index contributed by atoms with van der Waals surface area (Å²) in [5, 5.41) is 0.778. The quantitative estimate of drug-likeness (QED) is 0.490. The van der Waals surface area contributed by atoms with Crippen molar-refractivity contribution in [2.45, 2.75) is 36.6 Å². The molecule has 2 aromatic carbocycles. The molecular formula is C19H20Cl3N3O4S. The Balaban J connectivity index is 1.81. The second kappa shape index (κ2) is 9.62. The van der Waals surface area contributed by atoms with Gasteiger partial charge in [0.25, 0.3) is 5.91 Å². The van der Waals surface area contributed by atoms with Gasteiger partial charge in [0.2, 0.25) is 10.0 Å². The number of rotatable bonds is 7. The van der Waals surface area contributed by atoms with Gasteiger partial charge in [-0.2, -0.15) is 0 Å². The number of nitrogens with one attached hydrogen (secondary N) is 3. The Hall–Kier alpha value is -1.71. The van der Waals surface area contributed by atoms with Crippen LogP contribution in [-0.4, -0.2) is 27.5 Å². The lowest BCUT2D eigenvalue weighted by Gasteiger charge is -2.16. The predicted molar refractivity (Wildman–Crippen MR) is 118 cm³/mol. The van der Waals surface area contributed by atoms with Gasteiger partial charge >= 0.3 is 0 Å². The smallest absolute Gasteiger partial charge is 0.269 e. The van der Waals surface area contributed by atoms with Crippen molar-refractivity contribution in [2.75, 3.05) is 12.5 Å². The molecule has 30 heavy (non-hydrogen) atoms. The SMILES string of the molecule is COc1ccc(C(=O)NNc2c(Cl)cc(Cl)cc2Cl)cc1S(=O)(=O)NC1CCCC1. The van der Waals surface area contributed by atoms with E-state index in [2.05, 4.69) is 15.6 Å². The predicted octanol–water partition coefficient (Wildman–Crippen LogP) is 4.63. The number of hydrogen-bond donors (Lipinski definition) is 3. The molecule has 1 aliphatic rings. The first-order chi connectivity index (χ1) is 14.2. The van der Waals surface area contributed by atoms with Crippen molar-refractivity contribution in [2.24, 2.45) is 0 Å². The average molecular weight is 493 g/mol. The molecule has 0 aromatic heterocycles. The number of carbonyl (C=O) groups is 1. The summed E-state index contributed by atoms with van der Waals surface area (Å²) in [6.07, 6.45) is 3.53. The number of benzene rings is 2. The molecule has 0 atom stereocenters. The highest BCUT2D eigenvalue weighted by Crippen LogP contribution is 2.33.